The largest absolute Gasteiger partial charge is 0.506 e. The Labute approximate surface area is 136 Å². The summed E-state index contributed by atoms with van der Waals surface area (Å²) in [7, 11) is 0. The summed E-state index contributed by atoms with van der Waals surface area (Å²) in [5.41, 5.74) is 0.543. The van der Waals surface area contributed by atoms with Gasteiger partial charge in [-0.15, -0.1) is 0 Å². The highest BCUT2D eigenvalue weighted by molar-refractivity contribution is 14.1. The van der Waals surface area contributed by atoms with E-state index in [1.54, 1.807) is 6.07 Å². The van der Waals surface area contributed by atoms with Gasteiger partial charge >= 0.3 is 6.03 Å². The molecule has 8 heteroatoms. The number of benzene rings is 1. The van der Waals surface area contributed by atoms with Gasteiger partial charge in [-0.3, -0.25) is 15.1 Å². The molecule has 0 radical (unpaired) electrons. The van der Waals surface area contributed by atoms with Crippen molar-refractivity contribution in [3.8, 4) is 5.75 Å². The molecule has 1 aliphatic heterocycles. The fourth-order valence-electron chi connectivity index (χ4n) is 1.50. The number of phenolic OH excluding ortho intramolecular Hbond substituents is 1. The zero-order chi connectivity index (χ0) is 14.0. The van der Waals surface area contributed by atoms with Crippen LogP contribution in [0, 0.1) is 7.14 Å². The highest BCUT2D eigenvalue weighted by Gasteiger charge is 2.24. The van der Waals surface area contributed by atoms with Crippen molar-refractivity contribution in [1.29, 1.82) is 0 Å². The fraction of sp³-hybridized carbons (Fsp3) is 0.182. The second kappa shape index (κ2) is 6.03. The Morgan fingerprint density at radius 3 is 2.79 bits per heavy atom. The number of amides is 3. The van der Waals surface area contributed by atoms with E-state index < -0.39 is 18.0 Å². The van der Waals surface area contributed by atoms with Crippen LogP contribution in [0.25, 0.3) is 0 Å². The van der Waals surface area contributed by atoms with Crippen LogP contribution in [0.1, 0.15) is 5.56 Å². The Hall–Kier alpha value is -0.910. The number of phenols is 1. The predicted octanol–water partition coefficient (Wildman–Crippen LogP) is 1.23. The molecule has 0 spiro atoms. The minimum Gasteiger partial charge on any atom is -0.506 e. The normalized spacial score (nSPS) is 19.4. The Bertz CT molecular complexity index is 575. The maximum atomic E-state index is 11.5. The molecule has 0 aliphatic carbocycles. The van der Waals surface area contributed by atoms with Crippen molar-refractivity contribution >= 4 is 63.3 Å². The summed E-state index contributed by atoms with van der Waals surface area (Å²) in [5, 5.41) is 14.5. The van der Waals surface area contributed by atoms with Crippen LogP contribution in [0.15, 0.2) is 17.1 Å². The van der Waals surface area contributed by atoms with Crippen molar-refractivity contribution in [3.63, 3.8) is 0 Å². The minimum absolute atomic E-state index is 0.130. The molecule has 1 aromatic rings. The number of imide groups is 1. The first kappa shape index (κ1) is 14.5. The highest BCUT2D eigenvalue weighted by Crippen LogP contribution is 2.25. The summed E-state index contributed by atoms with van der Waals surface area (Å²) >= 11 is 4.16. The third-order valence-electron chi connectivity index (χ3n) is 2.45. The molecule has 100 valence electrons. The lowest BCUT2D eigenvalue weighted by atomic mass is 10.2. The quantitative estimate of drug-likeness (QED) is 0.435. The van der Waals surface area contributed by atoms with Gasteiger partial charge in [0.25, 0.3) is 5.91 Å². The van der Waals surface area contributed by atoms with E-state index in [2.05, 4.69) is 38.2 Å². The van der Waals surface area contributed by atoms with Crippen molar-refractivity contribution in [2.45, 2.75) is 6.04 Å². The lowest BCUT2D eigenvalue weighted by Crippen LogP contribution is -2.54. The maximum Gasteiger partial charge on any atom is 0.321 e. The van der Waals surface area contributed by atoms with E-state index in [4.69, 9.17) is 0 Å². The molecule has 2 rings (SSSR count). The summed E-state index contributed by atoms with van der Waals surface area (Å²) in [6, 6.07) is 2.41. The van der Waals surface area contributed by atoms with Gasteiger partial charge in [-0.2, -0.15) is 0 Å². The molecule has 0 bridgehead atoms. The van der Waals surface area contributed by atoms with E-state index >= 15 is 0 Å². The minimum atomic E-state index is -0.673. The number of aliphatic imine (C=N–C) groups is 1. The topological polar surface area (TPSA) is 90.8 Å². The molecule has 1 fully saturated rings. The van der Waals surface area contributed by atoms with Crippen LogP contribution in [-0.4, -0.2) is 35.8 Å². The highest BCUT2D eigenvalue weighted by atomic mass is 127. The van der Waals surface area contributed by atoms with Crippen LogP contribution in [0.5, 0.6) is 5.75 Å². The van der Waals surface area contributed by atoms with E-state index in [-0.39, 0.29) is 12.3 Å². The van der Waals surface area contributed by atoms with Gasteiger partial charge in [-0.05, 0) is 57.3 Å². The van der Waals surface area contributed by atoms with Crippen LogP contribution in [-0.2, 0) is 4.79 Å². The monoisotopic (exact) mass is 485 g/mol. The van der Waals surface area contributed by atoms with Crippen LogP contribution >= 0.6 is 45.2 Å². The molecule has 1 heterocycles. The van der Waals surface area contributed by atoms with Gasteiger partial charge in [0.2, 0.25) is 0 Å². The van der Waals surface area contributed by atoms with Crippen molar-refractivity contribution < 1.29 is 14.7 Å². The predicted molar refractivity (Wildman–Crippen MR) is 86.5 cm³/mol. The molecule has 3 N–H and O–H groups in total. The first-order valence-corrected chi connectivity index (χ1v) is 7.43. The number of nitrogens with one attached hydrogen (secondary N) is 2. The van der Waals surface area contributed by atoms with E-state index in [1.807, 2.05) is 28.7 Å². The Balaban J connectivity index is 2.19. The van der Waals surface area contributed by atoms with Gasteiger partial charge in [0.1, 0.15) is 11.8 Å². The van der Waals surface area contributed by atoms with Gasteiger partial charge in [0.15, 0.2) is 0 Å². The second-order valence-corrected chi connectivity index (χ2v) is 6.23. The van der Waals surface area contributed by atoms with E-state index in [9.17, 15) is 14.7 Å². The zero-order valence-electron chi connectivity index (χ0n) is 9.48. The molecule has 1 saturated heterocycles. The molecule has 19 heavy (non-hydrogen) atoms. The average Bonchev–Trinajstić information content (AvgIpc) is 2.33. The number of nitrogens with zero attached hydrogens (tertiary/aromatic N) is 1. The van der Waals surface area contributed by atoms with Gasteiger partial charge < -0.3 is 10.4 Å². The third-order valence-corrected chi connectivity index (χ3v) is 3.89. The standard InChI is InChI=1S/C11H9I2N3O3/c12-6-1-5(9(17)7(13)2-6)3-14-8-4-15-11(19)16-10(8)18/h1-3,8,17H,4H2,(H2,15,16,18,19). The third kappa shape index (κ3) is 3.55. The van der Waals surface area contributed by atoms with Crippen LogP contribution in [0.2, 0.25) is 0 Å². The summed E-state index contributed by atoms with van der Waals surface area (Å²) in [5.74, 6) is -0.315. The van der Waals surface area contributed by atoms with E-state index in [0.29, 0.717) is 9.13 Å². The molecule has 1 unspecified atom stereocenters. The lowest BCUT2D eigenvalue weighted by Gasteiger charge is -2.18. The summed E-state index contributed by atoms with van der Waals surface area (Å²) in [6.07, 6.45) is 1.45. The average molecular weight is 485 g/mol. The number of urea groups is 1. The number of halogens is 2. The number of carbonyl (C=O) groups is 2. The molecule has 3 amide bonds. The van der Waals surface area contributed by atoms with Crippen LogP contribution in [0.3, 0.4) is 0 Å². The SMILES string of the molecule is O=C1NCC(N=Cc2cc(I)cc(I)c2O)C(=O)N1. The first-order valence-electron chi connectivity index (χ1n) is 5.27. The second-order valence-electron chi connectivity index (χ2n) is 3.82. The van der Waals surface area contributed by atoms with Gasteiger partial charge in [-0.1, -0.05) is 0 Å². The van der Waals surface area contributed by atoms with E-state index in [0.717, 1.165) is 3.57 Å². The van der Waals surface area contributed by atoms with Gasteiger partial charge in [-0.25, -0.2) is 4.79 Å². The molecular formula is C11H9I2N3O3. The Morgan fingerprint density at radius 2 is 2.11 bits per heavy atom. The van der Waals surface area contributed by atoms with Gasteiger partial charge in [0.05, 0.1) is 10.1 Å². The van der Waals surface area contributed by atoms with E-state index in [1.165, 1.54) is 6.21 Å². The Kier molecular flexibility index (Phi) is 4.60. The van der Waals surface area contributed by atoms with Crippen molar-refractivity contribution in [2.24, 2.45) is 4.99 Å². The van der Waals surface area contributed by atoms with Crippen molar-refractivity contribution in [2.75, 3.05) is 6.54 Å². The van der Waals surface area contributed by atoms with Crippen LogP contribution in [0.4, 0.5) is 4.79 Å². The molecule has 1 atom stereocenters. The van der Waals surface area contributed by atoms with Crippen LogP contribution < -0.4 is 10.6 Å². The summed E-state index contributed by atoms with van der Waals surface area (Å²) in [4.78, 5) is 26.5. The number of hydrogen-bond donors (Lipinski definition) is 3. The zero-order valence-corrected chi connectivity index (χ0v) is 13.8. The summed E-state index contributed by atoms with van der Waals surface area (Å²) < 4.78 is 1.68. The fourth-order valence-corrected chi connectivity index (χ4v) is 3.39. The number of carbonyl (C=O) groups excluding carboxylic acids is 2. The number of aromatic hydroxyl groups is 1. The Morgan fingerprint density at radius 1 is 1.37 bits per heavy atom. The molecule has 6 nitrogen and oxygen atoms in total. The van der Waals surface area contributed by atoms with Crippen molar-refractivity contribution in [3.05, 3.63) is 24.8 Å². The molecule has 0 aromatic heterocycles. The van der Waals surface area contributed by atoms with Crippen molar-refractivity contribution in [1.82, 2.24) is 10.6 Å². The summed E-state index contributed by atoms with van der Waals surface area (Å²) in [6.45, 7) is 0.156. The van der Waals surface area contributed by atoms with Gasteiger partial charge in [0, 0.05) is 15.3 Å². The maximum absolute atomic E-state index is 11.5. The number of hydrogen-bond acceptors (Lipinski definition) is 4. The molecular weight excluding hydrogens is 476 g/mol. The molecule has 1 aliphatic rings. The lowest BCUT2D eigenvalue weighted by molar-refractivity contribution is -0.121. The molecule has 0 saturated carbocycles. The number of rotatable bonds is 2. The molecule has 1 aromatic carbocycles. The smallest absolute Gasteiger partial charge is 0.321 e. The first-order chi connectivity index (χ1) is 8.97.